The second-order valence-electron chi connectivity index (χ2n) is 3.21. The van der Waals surface area contributed by atoms with Gasteiger partial charge in [-0.05, 0) is 42.7 Å². The molecule has 76 valence electrons. The van der Waals surface area contributed by atoms with E-state index in [2.05, 4.69) is 0 Å². The molecule has 0 radical (unpaired) electrons. The molecule has 0 amide bonds. The van der Waals surface area contributed by atoms with E-state index in [1.807, 2.05) is 0 Å². The summed E-state index contributed by atoms with van der Waals surface area (Å²) in [6, 6.07) is 2.67. The molecule has 4 heteroatoms. The summed E-state index contributed by atoms with van der Waals surface area (Å²) in [4.78, 5) is 10.5. The minimum absolute atomic E-state index is 0.203. The number of carboxylic acid groups (broad SMARTS) is 1. The fourth-order valence-corrected chi connectivity index (χ4v) is 1.28. The van der Waals surface area contributed by atoms with Crippen molar-refractivity contribution in [2.24, 2.45) is 0 Å². The van der Waals surface area contributed by atoms with Crippen LogP contribution < -0.4 is 0 Å². The van der Waals surface area contributed by atoms with Crippen LogP contribution in [0.15, 0.2) is 12.1 Å². The highest BCUT2D eigenvalue weighted by atomic mass is 19.1. The number of aliphatic hydroxyl groups excluding tert-OH is 1. The summed E-state index contributed by atoms with van der Waals surface area (Å²) in [5.74, 6) is -1.71. The highest BCUT2D eigenvalue weighted by Crippen LogP contribution is 2.20. The fourth-order valence-electron chi connectivity index (χ4n) is 1.28. The van der Waals surface area contributed by atoms with E-state index in [0.717, 1.165) is 0 Å². The van der Waals surface area contributed by atoms with Gasteiger partial charge >= 0.3 is 5.97 Å². The van der Waals surface area contributed by atoms with Crippen molar-refractivity contribution >= 4 is 5.97 Å². The van der Waals surface area contributed by atoms with Gasteiger partial charge < -0.3 is 10.2 Å². The van der Waals surface area contributed by atoms with Gasteiger partial charge in [0.05, 0.1) is 0 Å². The summed E-state index contributed by atoms with van der Waals surface area (Å²) in [5.41, 5.74) is 0.870. The van der Waals surface area contributed by atoms with Gasteiger partial charge in [0.15, 0.2) is 6.10 Å². The van der Waals surface area contributed by atoms with Crippen LogP contribution in [0.25, 0.3) is 0 Å². The molecule has 0 aromatic heterocycles. The van der Waals surface area contributed by atoms with E-state index in [-0.39, 0.29) is 11.4 Å². The summed E-state index contributed by atoms with van der Waals surface area (Å²) in [7, 11) is 0. The van der Waals surface area contributed by atoms with Gasteiger partial charge in [-0.25, -0.2) is 9.18 Å². The number of hydrogen-bond acceptors (Lipinski definition) is 2. The maximum absolute atomic E-state index is 13.1. The van der Waals surface area contributed by atoms with Crippen LogP contribution in [-0.4, -0.2) is 16.2 Å². The normalized spacial score (nSPS) is 12.6. The standard InChI is InChI=1S/C10H11FO3/c1-5-3-7(9(12)10(13)14)4-6(2)8(5)11/h3-4,9,12H,1-2H3,(H,13,14). The number of aryl methyl sites for hydroxylation is 2. The number of aliphatic hydroxyl groups is 1. The van der Waals surface area contributed by atoms with Crippen LogP contribution >= 0.6 is 0 Å². The molecule has 1 aromatic carbocycles. The average Bonchev–Trinajstić information content (AvgIpc) is 2.12. The summed E-state index contributed by atoms with van der Waals surface area (Å²) < 4.78 is 13.1. The zero-order valence-electron chi connectivity index (χ0n) is 7.91. The average molecular weight is 198 g/mol. The van der Waals surface area contributed by atoms with Gasteiger partial charge in [0.2, 0.25) is 0 Å². The number of carbonyl (C=O) groups is 1. The molecule has 1 aromatic rings. The quantitative estimate of drug-likeness (QED) is 0.758. The third-order valence-corrected chi connectivity index (χ3v) is 2.01. The Hall–Kier alpha value is -1.42. The first-order valence-corrected chi connectivity index (χ1v) is 4.11. The van der Waals surface area contributed by atoms with Crippen LogP contribution in [0, 0.1) is 19.7 Å². The molecular weight excluding hydrogens is 187 g/mol. The molecule has 1 unspecified atom stereocenters. The van der Waals surface area contributed by atoms with E-state index in [0.29, 0.717) is 11.1 Å². The number of hydrogen-bond donors (Lipinski definition) is 2. The first-order chi connectivity index (χ1) is 6.43. The summed E-state index contributed by atoms with van der Waals surface area (Å²) >= 11 is 0. The molecule has 0 heterocycles. The minimum atomic E-state index is -1.59. The van der Waals surface area contributed by atoms with Gasteiger partial charge in [-0.1, -0.05) is 0 Å². The van der Waals surface area contributed by atoms with Crippen molar-refractivity contribution in [2.75, 3.05) is 0 Å². The van der Waals surface area contributed by atoms with Crippen LogP contribution in [0.5, 0.6) is 0 Å². The number of halogens is 1. The molecule has 0 bridgehead atoms. The van der Waals surface area contributed by atoms with Gasteiger partial charge in [-0.2, -0.15) is 0 Å². The molecule has 1 atom stereocenters. The molecule has 0 fully saturated rings. The number of benzene rings is 1. The topological polar surface area (TPSA) is 57.5 Å². The van der Waals surface area contributed by atoms with Crippen molar-refractivity contribution in [2.45, 2.75) is 20.0 Å². The molecule has 1 rings (SSSR count). The van der Waals surface area contributed by atoms with Crippen molar-refractivity contribution in [1.29, 1.82) is 0 Å². The van der Waals surface area contributed by atoms with Gasteiger partial charge in [-0.15, -0.1) is 0 Å². The van der Waals surface area contributed by atoms with Gasteiger partial charge in [0, 0.05) is 0 Å². The monoisotopic (exact) mass is 198 g/mol. The Bertz CT molecular complexity index is 351. The summed E-state index contributed by atoms with van der Waals surface area (Å²) in [5, 5.41) is 17.8. The van der Waals surface area contributed by atoms with Crippen LogP contribution in [-0.2, 0) is 4.79 Å². The van der Waals surface area contributed by atoms with E-state index < -0.39 is 12.1 Å². The molecule has 0 spiro atoms. The van der Waals surface area contributed by atoms with Crippen molar-refractivity contribution in [3.8, 4) is 0 Å². The summed E-state index contributed by atoms with van der Waals surface area (Å²) in [6.45, 7) is 3.06. The SMILES string of the molecule is Cc1cc(C(O)C(=O)O)cc(C)c1F. The Kier molecular flexibility index (Phi) is 2.86. The smallest absolute Gasteiger partial charge is 0.337 e. The number of rotatable bonds is 2. The van der Waals surface area contributed by atoms with Crippen LogP contribution in [0.1, 0.15) is 22.8 Å². The molecule has 3 nitrogen and oxygen atoms in total. The Morgan fingerprint density at radius 3 is 2.14 bits per heavy atom. The van der Waals surface area contributed by atoms with Crippen molar-refractivity contribution in [1.82, 2.24) is 0 Å². The van der Waals surface area contributed by atoms with E-state index in [1.54, 1.807) is 0 Å². The van der Waals surface area contributed by atoms with E-state index >= 15 is 0 Å². The lowest BCUT2D eigenvalue weighted by Gasteiger charge is -2.09. The zero-order valence-corrected chi connectivity index (χ0v) is 7.91. The molecule has 0 saturated carbocycles. The lowest BCUT2D eigenvalue weighted by atomic mass is 10.0. The Labute approximate surface area is 80.8 Å². The van der Waals surface area contributed by atoms with E-state index in [4.69, 9.17) is 5.11 Å². The lowest BCUT2D eigenvalue weighted by Crippen LogP contribution is -2.11. The molecular formula is C10H11FO3. The van der Waals surface area contributed by atoms with Crippen LogP contribution in [0.3, 0.4) is 0 Å². The third-order valence-electron chi connectivity index (χ3n) is 2.01. The van der Waals surface area contributed by atoms with Gasteiger partial charge in [0.1, 0.15) is 5.82 Å². The second-order valence-corrected chi connectivity index (χ2v) is 3.21. The first-order valence-electron chi connectivity index (χ1n) is 4.11. The minimum Gasteiger partial charge on any atom is -0.479 e. The largest absolute Gasteiger partial charge is 0.479 e. The van der Waals surface area contributed by atoms with Crippen molar-refractivity contribution < 1.29 is 19.4 Å². The fraction of sp³-hybridized carbons (Fsp3) is 0.300. The van der Waals surface area contributed by atoms with Gasteiger partial charge in [0.25, 0.3) is 0 Å². The molecule has 0 saturated heterocycles. The highest BCUT2D eigenvalue weighted by Gasteiger charge is 2.17. The Morgan fingerprint density at radius 1 is 1.36 bits per heavy atom. The molecule has 2 N–H and O–H groups in total. The molecule has 0 aliphatic carbocycles. The molecule has 0 aliphatic heterocycles. The molecule has 0 aliphatic rings. The third kappa shape index (κ3) is 1.90. The summed E-state index contributed by atoms with van der Waals surface area (Å²) in [6.07, 6.45) is -1.59. The van der Waals surface area contributed by atoms with Crippen molar-refractivity contribution in [3.05, 3.63) is 34.6 Å². The zero-order chi connectivity index (χ0) is 10.9. The molecule has 14 heavy (non-hydrogen) atoms. The van der Waals surface area contributed by atoms with E-state index in [9.17, 15) is 14.3 Å². The van der Waals surface area contributed by atoms with Crippen molar-refractivity contribution in [3.63, 3.8) is 0 Å². The maximum Gasteiger partial charge on any atom is 0.337 e. The lowest BCUT2D eigenvalue weighted by molar-refractivity contribution is -0.146. The van der Waals surface area contributed by atoms with Gasteiger partial charge in [-0.3, -0.25) is 0 Å². The van der Waals surface area contributed by atoms with Crippen LogP contribution in [0.4, 0.5) is 4.39 Å². The number of carboxylic acids is 1. The maximum atomic E-state index is 13.1. The Morgan fingerprint density at radius 2 is 1.79 bits per heavy atom. The predicted octanol–water partition coefficient (Wildman–Crippen LogP) is 1.56. The Balaban J connectivity index is 3.19. The second kappa shape index (κ2) is 3.75. The highest BCUT2D eigenvalue weighted by molar-refractivity contribution is 5.74. The predicted molar refractivity (Wildman–Crippen MR) is 48.5 cm³/mol. The van der Waals surface area contributed by atoms with E-state index in [1.165, 1.54) is 26.0 Å². The number of aliphatic carboxylic acids is 1. The van der Waals surface area contributed by atoms with Crippen LogP contribution in [0.2, 0.25) is 0 Å². The first kappa shape index (κ1) is 10.7.